The third-order valence-electron chi connectivity index (χ3n) is 4.18. The fraction of sp³-hybridized carbons (Fsp3) is 0.273. The molecule has 0 aromatic heterocycles. The summed E-state index contributed by atoms with van der Waals surface area (Å²) in [5.41, 5.74) is 2.44. The summed E-state index contributed by atoms with van der Waals surface area (Å²) in [5.74, 6) is 0.701. The van der Waals surface area contributed by atoms with E-state index in [-0.39, 0.29) is 5.57 Å². The SMILES string of the molecule is CCCCc1ccc(NC(=O)/C(C#N)=C\Nc2ccc(OC)cc2OC)cc1. The highest BCUT2D eigenvalue weighted by Gasteiger charge is 2.10. The number of ether oxygens (including phenoxy) is 2. The molecule has 0 radical (unpaired) electrons. The lowest BCUT2D eigenvalue weighted by Crippen LogP contribution is -2.14. The Balaban J connectivity index is 2.06. The minimum atomic E-state index is -0.483. The van der Waals surface area contributed by atoms with Crippen molar-refractivity contribution in [2.24, 2.45) is 0 Å². The van der Waals surface area contributed by atoms with Crippen LogP contribution in [0, 0.1) is 11.3 Å². The second-order valence-corrected chi connectivity index (χ2v) is 6.13. The van der Waals surface area contributed by atoms with E-state index in [9.17, 15) is 10.1 Å². The molecule has 2 N–H and O–H groups in total. The molecule has 6 heteroatoms. The van der Waals surface area contributed by atoms with Gasteiger partial charge in [-0.05, 0) is 42.7 Å². The Morgan fingerprint density at radius 1 is 1.14 bits per heavy atom. The van der Waals surface area contributed by atoms with Crippen molar-refractivity contribution in [1.29, 1.82) is 5.26 Å². The van der Waals surface area contributed by atoms with Crippen LogP contribution in [-0.2, 0) is 11.2 Å². The van der Waals surface area contributed by atoms with Gasteiger partial charge in [-0.3, -0.25) is 4.79 Å². The summed E-state index contributed by atoms with van der Waals surface area (Å²) in [5, 5.41) is 15.0. The van der Waals surface area contributed by atoms with Gasteiger partial charge < -0.3 is 20.1 Å². The smallest absolute Gasteiger partial charge is 0.267 e. The number of anilines is 2. The molecule has 146 valence electrons. The van der Waals surface area contributed by atoms with Crippen LogP contribution in [0.1, 0.15) is 25.3 Å². The van der Waals surface area contributed by atoms with Crippen molar-refractivity contribution in [2.45, 2.75) is 26.2 Å². The van der Waals surface area contributed by atoms with Crippen LogP contribution in [0.2, 0.25) is 0 Å². The molecular weight excluding hydrogens is 354 g/mol. The molecule has 2 aromatic rings. The molecule has 0 saturated carbocycles. The summed E-state index contributed by atoms with van der Waals surface area (Å²) in [4.78, 5) is 12.4. The number of hydrogen-bond donors (Lipinski definition) is 2. The third-order valence-corrected chi connectivity index (χ3v) is 4.18. The van der Waals surface area contributed by atoms with Crippen LogP contribution in [0.3, 0.4) is 0 Å². The Bertz CT molecular complexity index is 868. The summed E-state index contributed by atoms with van der Waals surface area (Å²) in [6.07, 6.45) is 4.64. The van der Waals surface area contributed by atoms with Gasteiger partial charge in [-0.2, -0.15) is 5.26 Å². The average Bonchev–Trinajstić information content (AvgIpc) is 2.73. The van der Waals surface area contributed by atoms with Gasteiger partial charge in [-0.25, -0.2) is 0 Å². The number of hydrogen-bond acceptors (Lipinski definition) is 5. The first-order valence-electron chi connectivity index (χ1n) is 9.10. The van der Waals surface area contributed by atoms with Gasteiger partial charge in [0, 0.05) is 18.0 Å². The van der Waals surface area contributed by atoms with Gasteiger partial charge in [0.1, 0.15) is 23.1 Å². The second-order valence-electron chi connectivity index (χ2n) is 6.13. The van der Waals surface area contributed by atoms with Gasteiger partial charge in [0.2, 0.25) is 0 Å². The lowest BCUT2D eigenvalue weighted by Gasteiger charge is -2.10. The molecule has 0 unspecified atom stereocenters. The van der Waals surface area contributed by atoms with Crippen molar-refractivity contribution in [3.05, 3.63) is 59.8 Å². The molecular formula is C22H25N3O3. The molecule has 6 nitrogen and oxygen atoms in total. The lowest BCUT2D eigenvalue weighted by molar-refractivity contribution is -0.112. The molecule has 0 fully saturated rings. The van der Waals surface area contributed by atoms with E-state index in [1.54, 1.807) is 25.3 Å². The summed E-state index contributed by atoms with van der Waals surface area (Å²) in [6.45, 7) is 2.15. The maximum Gasteiger partial charge on any atom is 0.267 e. The fourth-order valence-electron chi connectivity index (χ4n) is 2.55. The van der Waals surface area contributed by atoms with Crippen LogP contribution in [0.4, 0.5) is 11.4 Å². The third kappa shape index (κ3) is 5.78. The van der Waals surface area contributed by atoms with Gasteiger partial charge in [-0.1, -0.05) is 25.5 Å². The summed E-state index contributed by atoms with van der Waals surface area (Å²) >= 11 is 0. The molecule has 0 aliphatic rings. The van der Waals surface area contributed by atoms with Crippen molar-refractivity contribution >= 4 is 17.3 Å². The van der Waals surface area contributed by atoms with Crippen LogP contribution in [0.5, 0.6) is 11.5 Å². The molecule has 0 bridgehead atoms. The first-order chi connectivity index (χ1) is 13.6. The summed E-state index contributed by atoms with van der Waals surface area (Å²) in [7, 11) is 3.10. The zero-order valence-electron chi connectivity index (χ0n) is 16.4. The molecule has 2 aromatic carbocycles. The van der Waals surface area contributed by atoms with E-state index >= 15 is 0 Å². The number of nitriles is 1. The number of carbonyl (C=O) groups excluding carboxylic acids is 1. The van der Waals surface area contributed by atoms with Gasteiger partial charge in [-0.15, -0.1) is 0 Å². The molecule has 0 heterocycles. The highest BCUT2D eigenvalue weighted by atomic mass is 16.5. The number of nitrogens with zero attached hydrogens (tertiary/aromatic N) is 1. The first kappa shape index (κ1) is 20.8. The predicted molar refractivity (Wildman–Crippen MR) is 111 cm³/mol. The number of unbranched alkanes of at least 4 members (excludes halogenated alkanes) is 1. The Kier molecular flexibility index (Phi) is 7.92. The van der Waals surface area contributed by atoms with Gasteiger partial charge >= 0.3 is 0 Å². The second kappa shape index (κ2) is 10.6. The zero-order chi connectivity index (χ0) is 20.4. The highest BCUT2D eigenvalue weighted by molar-refractivity contribution is 6.06. The van der Waals surface area contributed by atoms with Crippen LogP contribution >= 0.6 is 0 Å². The minimum Gasteiger partial charge on any atom is -0.497 e. The first-order valence-corrected chi connectivity index (χ1v) is 9.10. The van der Waals surface area contributed by atoms with E-state index in [1.165, 1.54) is 18.9 Å². The van der Waals surface area contributed by atoms with Crippen molar-refractivity contribution in [3.63, 3.8) is 0 Å². The van der Waals surface area contributed by atoms with Crippen LogP contribution < -0.4 is 20.1 Å². The normalized spacial score (nSPS) is 10.7. The maximum atomic E-state index is 12.4. The number of carbonyl (C=O) groups is 1. The van der Waals surface area contributed by atoms with E-state index in [0.29, 0.717) is 22.9 Å². The van der Waals surface area contributed by atoms with Crippen LogP contribution in [0.25, 0.3) is 0 Å². The maximum absolute atomic E-state index is 12.4. The Hall–Kier alpha value is -3.46. The average molecular weight is 379 g/mol. The lowest BCUT2D eigenvalue weighted by atomic mass is 10.1. The van der Waals surface area contributed by atoms with Crippen LogP contribution in [0.15, 0.2) is 54.2 Å². The van der Waals surface area contributed by atoms with Crippen molar-refractivity contribution in [1.82, 2.24) is 0 Å². The van der Waals surface area contributed by atoms with Gasteiger partial charge in [0.15, 0.2) is 0 Å². The number of amides is 1. The van der Waals surface area contributed by atoms with E-state index < -0.39 is 5.91 Å². The largest absolute Gasteiger partial charge is 0.497 e. The Morgan fingerprint density at radius 2 is 1.89 bits per heavy atom. The van der Waals surface area contributed by atoms with E-state index in [1.807, 2.05) is 30.3 Å². The number of benzene rings is 2. The number of rotatable bonds is 9. The highest BCUT2D eigenvalue weighted by Crippen LogP contribution is 2.29. The quantitative estimate of drug-likeness (QED) is 0.495. The Labute approximate surface area is 165 Å². The molecule has 28 heavy (non-hydrogen) atoms. The minimum absolute atomic E-state index is 0.0482. The van der Waals surface area contributed by atoms with E-state index in [4.69, 9.17) is 9.47 Å². The molecule has 0 atom stereocenters. The summed E-state index contributed by atoms with van der Waals surface area (Å²) < 4.78 is 10.4. The molecule has 0 aliphatic carbocycles. The molecule has 0 saturated heterocycles. The predicted octanol–water partition coefficient (Wildman–Crippen LogP) is 4.50. The zero-order valence-corrected chi connectivity index (χ0v) is 16.4. The molecule has 0 spiro atoms. The van der Waals surface area contributed by atoms with Gasteiger partial charge in [0.25, 0.3) is 5.91 Å². The molecule has 1 amide bonds. The fourth-order valence-corrected chi connectivity index (χ4v) is 2.55. The van der Waals surface area contributed by atoms with E-state index in [0.717, 1.165) is 19.3 Å². The number of methoxy groups -OCH3 is 2. The summed E-state index contributed by atoms with van der Waals surface area (Å²) in [6, 6.07) is 14.8. The van der Waals surface area contributed by atoms with Gasteiger partial charge in [0.05, 0.1) is 19.9 Å². The molecule has 2 rings (SSSR count). The Morgan fingerprint density at radius 3 is 2.50 bits per heavy atom. The topological polar surface area (TPSA) is 83.4 Å². The molecule has 0 aliphatic heterocycles. The monoisotopic (exact) mass is 379 g/mol. The van der Waals surface area contributed by atoms with Crippen molar-refractivity contribution < 1.29 is 14.3 Å². The standard InChI is InChI=1S/C22H25N3O3/c1-4-5-6-16-7-9-18(10-8-16)25-22(26)17(14-23)15-24-20-12-11-19(27-2)13-21(20)28-3/h7-13,15,24H,4-6H2,1-3H3,(H,25,26)/b17-15-. The number of aryl methyl sites for hydroxylation is 1. The van der Waals surface area contributed by atoms with E-state index in [2.05, 4.69) is 17.6 Å². The number of nitrogens with one attached hydrogen (secondary N) is 2. The van der Waals surface area contributed by atoms with Crippen LogP contribution in [-0.4, -0.2) is 20.1 Å². The van der Waals surface area contributed by atoms with Crippen molar-refractivity contribution in [3.8, 4) is 17.6 Å². The van der Waals surface area contributed by atoms with Crippen molar-refractivity contribution in [2.75, 3.05) is 24.9 Å².